The van der Waals surface area contributed by atoms with Gasteiger partial charge in [-0.1, -0.05) is 0 Å². The van der Waals surface area contributed by atoms with Crippen LogP contribution in [0.5, 0.6) is 0 Å². The molecule has 0 bridgehead atoms. The van der Waals surface area contributed by atoms with Crippen molar-refractivity contribution < 1.29 is 18.1 Å². The standard InChI is InChI=1S/C14H13F2N3O3/c15-14(16)3-6-18(7-4-14)12-9-10(19(20)21)1-2-11(12)13-17-5-8-22-13/h1-2,5,8-9H,3-4,6-7H2. The number of nitro groups is 1. The van der Waals surface area contributed by atoms with Crippen molar-refractivity contribution in [1.29, 1.82) is 0 Å². The Morgan fingerprint density at radius 2 is 2.05 bits per heavy atom. The summed E-state index contributed by atoms with van der Waals surface area (Å²) < 4.78 is 31.9. The molecule has 22 heavy (non-hydrogen) atoms. The van der Waals surface area contributed by atoms with Crippen molar-refractivity contribution in [2.75, 3.05) is 18.0 Å². The van der Waals surface area contributed by atoms with E-state index in [-0.39, 0.29) is 31.6 Å². The normalized spacial score (nSPS) is 17.5. The smallest absolute Gasteiger partial charge is 0.271 e. The van der Waals surface area contributed by atoms with Crippen LogP contribution in [0.15, 0.2) is 35.1 Å². The van der Waals surface area contributed by atoms with Crippen LogP contribution in [0, 0.1) is 10.1 Å². The summed E-state index contributed by atoms with van der Waals surface area (Å²) in [6.07, 6.45) is 2.30. The van der Waals surface area contributed by atoms with E-state index in [1.807, 2.05) is 0 Å². The fourth-order valence-corrected chi connectivity index (χ4v) is 2.51. The zero-order valence-electron chi connectivity index (χ0n) is 11.5. The number of nitro benzene ring substituents is 1. The molecule has 0 radical (unpaired) electrons. The Bertz CT molecular complexity index is 679. The molecule has 0 spiro atoms. The van der Waals surface area contributed by atoms with Crippen LogP contribution < -0.4 is 4.90 Å². The molecule has 1 aromatic carbocycles. The molecule has 6 nitrogen and oxygen atoms in total. The molecule has 1 aliphatic heterocycles. The highest BCUT2D eigenvalue weighted by Crippen LogP contribution is 2.37. The lowest BCUT2D eigenvalue weighted by Gasteiger charge is -2.34. The van der Waals surface area contributed by atoms with Crippen molar-refractivity contribution >= 4 is 11.4 Å². The van der Waals surface area contributed by atoms with Gasteiger partial charge in [-0.25, -0.2) is 13.8 Å². The minimum atomic E-state index is -2.68. The van der Waals surface area contributed by atoms with E-state index in [1.165, 1.54) is 30.7 Å². The van der Waals surface area contributed by atoms with Crippen LogP contribution in [0.25, 0.3) is 11.5 Å². The number of anilines is 1. The van der Waals surface area contributed by atoms with E-state index in [0.29, 0.717) is 17.1 Å². The third-order valence-electron chi connectivity index (χ3n) is 3.69. The molecule has 1 fully saturated rings. The molecular formula is C14H13F2N3O3. The first-order valence-electron chi connectivity index (χ1n) is 6.77. The number of hydrogen-bond acceptors (Lipinski definition) is 5. The number of alkyl halides is 2. The zero-order chi connectivity index (χ0) is 15.7. The molecule has 3 rings (SSSR count). The van der Waals surface area contributed by atoms with E-state index >= 15 is 0 Å². The van der Waals surface area contributed by atoms with E-state index in [0.717, 1.165) is 0 Å². The average molecular weight is 309 g/mol. The number of aromatic nitrogens is 1. The molecule has 0 amide bonds. The van der Waals surface area contributed by atoms with Gasteiger partial charge in [-0.15, -0.1) is 0 Å². The van der Waals surface area contributed by atoms with Crippen LogP contribution in [-0.4, -0.2) is 28.9 Å². The van der Waals surface area contributed by atoms with Crippen molar-refractivity contribution in [2.45, 2.75) is 18.8 Å². The molecule has 116 valence electrons. The molecule has 0 saturated carbocycles. The summed E-state index contributed by atoms with van der Waals surface area (Å²) in [5.74, 6) is -2.37. The van der Waals surface area contributed by atoms with Crippen molar-refractivity contribution in [3.63, 3.8) is 0 Å². The maximum absolute atomic E-state index is 13.3. The summed E-state index contributed by atoms with van der Waals surface area (Å²) in [5.41, 5.74) is 0.954. The van der Waals surface area contributed by atoms with Crippen LogP contribution in [0.3, 0.4) is 0 Å². The number of benzene rings is 1. The topological polar surface area (TPSA) is 72.4 Å². The highest BCUT2D eigenvalue weighted by Gasteiger charge is 2.35. The van der Waals surface area contributed by atoms with E-state index in [4.69, 9.17) is 4.42 Å². The highest BCUT2D eigenvalue weighted by molar-refractivity contribution is 5.76. The summed E-state index contributed by atoms with van der Waals surface area (Å²) >= 11 is 0. The molecule has 1 saturated heterocycles. The first kappa shape index (κ1) is 14.4. The number of nitrogens with zero attached hydrogens (tertiary/aromatic N) is 3. The summed E-state index contributed by atoms with van der Waals surface area (Å²) in [7, 11) is 0. The van der Waals surface area contributed by atoms with Crippen molar-refractivity contribution in [2.24, 2.45) is 0 Å². The first-order chi connectivity index (χ1) is 10.5. The molecule has 8 heteroatoms. The minimum absolute atomic E-state index is 0.0948. The molecule has 1 aliphatic rings. The second-order valence-electron chi connectivity index (χ2n) is 5.14. The zero-order valence-corrected chi connectivity index (χ0v) is 11.5. The average Bonchev–Trinajstić information content (AvgIpc) is 3.00. The Kier molecular flexibility index (Phi) is 3.51. The summed E-state index contributed by atoms with van der Waals surface area (Å²) in [6.45, 7) is 0.254. The van der Waals surface area contributed by atoms with Crippen LogP contribution in [-0.2, 0) is 0 Å². The lowest BCUT2D eigenvalue weighted by atomic mass is 10.0. The quantitative estimate of drug-likeness (QED) is 0.641. The van der Waals surface area contributed by atoms with Gasteiger partial charge >= 0.3 is 0 Å². The summed E-state index contributed by atoms with van der Waals surface area (Å²) in [5, 5.41) is 11.0. The molecule has 0 N–H and O–H groups in total. The maximum atomic E-state index is 13.3. The number of non-ortho nitro benzene ring substituents is 1. The molecule has 0 aliphatic carbocycles. The Morgan fingerprint density at radius 1 is 1.32 bits per heavy atom. The van der Waals surface area contributed by atoms with Gasteiger partial charge in [0.25, 0.3) is 11.6 Å². The fraction of sp³-hybridized carbons (Fsp3) is 0.357. The molecule has 0 unspecified atom stereocenters. The third kappa shape index (κ3) is 2.76. The fourth-order valence-electron chi connectivity index (χ4n) is 2.51. The van der Waals surface area contributed by atoms with Crippen LogP contribution >= 0.6 is 0 Å². The first-order valence-corrected chi connectivity index (χ1v) is 6.77. The van der Waals surface area contributed by atoms with Crippen molar-refractivity contribution in [1.82, 2.24) is 4.98 Å². The third-order valence-corrected chi connectivity index (χ3v) is 3.69. The molecule has 0 atom stereocenters. The number of hydrogen-bond donors (Lipinski definition) is 0. The van der Waals surface area contributed by atoms with Crippen LogP contribution in [0.2, 0.25) is 0 Å². The van der Waals surface area contributed by atoms with Gasteiger partial charge in [-0.2, -0.15) is 0 Å². The van der Waals surface area contributed by atoms with Crippen molar-refractivity contribution in [3.8, 4) is 11.5 Å². The van der Waals surface area contributed by atoms with Crippen molar-refractivity contribution in [3.05, 3.63) is 40.8 Å². The van der Waals surface area contributed by atoms with Gasteiger partial charge < -0.3 is 9.32 Å². The summed E-state index contributed by atoms with van der Waals surface area (Å²) in [4.78, 5) is 16.2. The number of halogens is 2. The Morgan fingerprint density at radius 3 is 2.64 bits per heavy atom. The second-order valence-corrected chi connectivity index (χ2v) is 5.14. The second kappa shape index (κ2) is 5.36. The van der Waals surface area contributed by atoms with E-state index in [1.54, 1.807) is 4.90 Å². The van der Waals surface area contributed by atoms with Crippen LogP contribution in [0.1, 0.15) is 12.8 Å². The predicted molar refractivity (Wildman–Crippen MR) is 75.0 cm³/mol. The molecular weight excluding hydrogens is 296 g/mol. The molecule has 2 heterocycles. The number of piperidine rings is 1. The van der Waals surface area contributed by atoms with Gasteiger partial charge in [-0.05, 0) is 6.07 Å². The van der Waals surface area contributed by atoms with Gasteiger partial charge in [0.2, 0.25) is 5.89 Å². The largest absolute Gasteiger partial charge is 0.444 e. The van der Waals surface area contributed by atoms with Gasteiger partial charge in [-0.3, -0.25) is 10.1 Å². The lowest BCUT2D eigenvalue weighted by molar-refractivity contribution is -0.384. The minimum Gasteiger partial charge on any atom is -0.444 e. The van der Waals surface area contributed by atoms with E-state index < -0.39 is 10.8 Å². The number of oxazole rings is 1. The van der Waals surface area contributed by atoms with Gasteiger partial charge in [0.15, 0.2) is 0 Å². The maximum Gasteiger partial charge on any atom is 0.271 e. The van der Waals surface area contributed by atoms with Gasteiger partial charge in [0, 0.05) is 38.1 Å². The Labute approximate surface area is 124 Å². The molecule has 1 aromatic heterocycles. The summed E-state index contributed by atoms with van der Waals surface area (Å²) in [6, 6.07) is 4.26. The highest BCUT2D eigenvalue weighted by atomic mass is 19.3. The Hall–Kier alpha value is -2.51. The van der Waals surface area contributed by atoms with E-state index in [9.17, 15) is 18.9 Å². The predicted octanol–water partition coefficient (Wildman–Crippen LogP) is 3.49. The molecule has 2 aromatic rings. The van der Waals surface area contributed by atoms with E-state index in [2.05, 4.69) is 4.98 Å². The van der Waals surface area contributed by atoms with Gasteiger partial charge in [0.1, 0.15) is 6.26 Å². The number of rotatable bonds is 3. The lowest BCUT2D eigenvalue weighted by Crippen LogP contribution is -2.39. The van der Waals surface area contributed by atoms with Gasteiger partial charge in [0.05, 0.1) is 22.4 Å². The SMILES string of the molecule is O=[N+]([O-])c1ccc(-c2ncco2)c(N2CCC(F)(F)CC2)c1. The monoisotopic (exact) mass is 309 g/mol. The van der Waals surface area contributed by atoms with Crippen LogP contribution in [0.4, 0.5) is 20.2 Å². The Balaban J connectivity index is 2.00.